The molecule has 104 valence electrons. The number of amidine groups is 1. The maximum absolute atomic E-state index is 11.6. The van der Waals surface area contributed by atoms with E-state index in [2.05, 4.69) is 4.99 Å². The smallest absolute Gasteiger partial charge is 0.246 e. The van der Waals surface area contributed by atoms with Crippen LogP contribution in [0.5, 0.6) is 0 Å². The molecule has 0 aliphatic carbocycles. The summed E-state index contributed by atoms with van der Waals surface area (Å²) in [5.41, 5.74) is 0. The van der Waals surface area contributed by atoms with Gasteiger partial charge in [0, 0.05) is 19.1 Å². The Morgan fingerprint density at radius 3 is 2.22 bits per heavy atom. The lowest BCUT2D eigenvalue weighted by Gasteiger charge is -2.31. The fourth-order valence-electron chi connectivity index (χ4n) is 1.70. The summed E-state index contributed by atoms with van der Waals surface area (Å²) in [4.78, 5) is 6.27. The zero-order valence-electron chi connectivity index (χ0n) is 11.2. The molecule has 1 saturated heterocycles. The Bertz CT molecular complexity index is 449. The van der Waals surface area contributed by atoms with E-state index < -0.39 is 10.0 Å². The molecule has 0 aromatic carbocycles. The molecule has 0 spiro atoms. The minimum atomic E-state index is -3.20. The van der Waals surface area contributed by atoms with Crippen LogP contribution in [0.3, 0.4) is 0 Å². The van der Waals surface area contributed by atoms with Crippen LogP contribution in [-0.2, 0) is 10.0 Å². The maximum atomic E-state index is 11.6. The average molecular weight is 309 g/mol. The van der Waals surface area contributed by atoms with E-state index >= 15 is 0 Å². The van der Waals surface area contributed by atoms with Crippen molar-refractivity contribution in [3.05, 3.63) is 0 Å². The number of sulfonamides is 1. The summed E-state index contributed by atoms with van der Waals surface area (Å²) >= 11 is 6.50. The fourth-order valence-corrected chi connectivity index (χ4v) is 5.02. The highest BCUT2D eigenvalue weighted by molar-refractivity contribution is 8.25. The second-order valence-electron chi connectivity index (χ2n) is 4.61. The molecule has 0 aromatic heterocycles. The maximum Gasteiger partial charge on any atom is 0.246 e. The standard InChI is InChI=1S/C10H19N3O2S3/c1-7(2)13(8(3)4)9(16)11-10-12(5)18(14,15)6-17-10/h7-8H,6H2,1-5H3. The lowest BCUT2D eigenvalue weighted by molar-refractivity contribution is 0.294. The lowest BCUT2D eigenvalue weighted by Crippen LogP contribution is -2.41. The third-order valence-electron chi connectivity index (χ3n) is 2.55. The highest BCUT2D eigenvalue weighted by atomic mass is 32.3. The Kier molecular flexibility index (Phi) is 5.02. The first-order chi connectivity index (χ1) is 8.16. The molecule has 0 amide bonds. The molecule has 1 rings (SSSR count). The normalized spacial score (nSPS) is 21.1. The van der Waals surface area contributed by atoms with Gasteiger partial charge in [-0.2, -0.15) is 4.99 Å². The van der Waals surface area contributed by atoms with Crippen molar-refractivity contribution in [2.45, 2.75) is 39.8 Å². The third-order valence-corrected chi connectivity index (χ3v) is 6.26. The molecule has 0 bridgehead atoms. The molecule has 1 aliphatic heterocycles. The van der Waals surface area contributed by atoms with E-state index in [-0.39, 0.29) is 17.2 Å². The molecule has 0 aromatic rings. The molecule has 0 radical (unpaired) electrons. The van der Waals surface area contributed by atoms with Crippen LogP contribution in [0.25, 0.3) is 0 Å². The van der Waals surface area contributed by atoms with Crippen LogP contribution in [0.1, 0.15) is 27.7 Å². The van der Waals surface area contributed by atoms with Crippen molar-refractivity contribution in [2.75, 3.05) is 12.1 Å². The number of rotatable bonds is 2. The van der Waals surface area contributed by atoms with Crippen molar-refractivity contribution >= 4 is 44.3 Å². The van der Waals surface area contributed by atoms with Gasteiger partial charge in [-0.15, -0.1) is 0 Å². The topological polar surface area (TPSA) is 53.0 Å². The van der Waals surface area contributed by atoms with Crippen molar-refractivity contribution < 1.29 is 8.42 Å². The predicted molar refractivity (Wildman–Crippen MR) is 81.3 cm³/mol. The molecule has 1 aliphatic rings. The molecule has 0 saturated carbocycles. The van der Waals surface area contributed by atoms with Crippen molar-refractivity contribution in [1.29, 1.82) is 0 Å². The molecule has 8 heteroatoms. The van der Waals surface area contributed by atoms with E-state index in [1.807, 2.05) is 32.6 Å². The molecule has 0 unspecified atom stereocenters. The van der Waals surface area contributed by atoms with Crippen molar-refractivity contribution in [3.8, 4) is 0 Å². The van der Waals surface area contributed by atoms with Gasteiger partial charge in [-0.3, -0.25) is 4.31 Å². The molecular weight excluding hydrogens is 290 g/mol. The van der Waals surface area contributed by atoms with Crippen LogP contribution < -0.4 is 0 Å². The van der Waals surface area contributed by atoms with Gasteiger partial charge in [-0.1, -0.05) is 11.8 Å². The van der Waals surface area contributed by atoms with E-state index in [0.29, 0.717) is 10.3 Å². The summed E-state index contributed by atoms with van der Waals surface area (Å²) < 4.78 is 24.3. The quantitative estimate of drug-likeness (QED) is 0.727. The summed E-state index contributed by atoms with van der Waals surface area (Å²) in [7, 11) is -1.69. The van der Waals surface area contributed by atoms with Crippen molar-refractivity contribution in [1.82, 2.24) is 9.21 Å². The Balaban J connectivity index is 2.93. The minimum Gasteiger partial charge on any atom is -0.343 e. The SMILES string of the molecule is CC(C)N(C(=S)N=C1SCS(=O)(=O)N1C)C(C)C. The molecular formula is C10H19N3O2S3. The van der Waals surface area contributed by atoms with Gasteiger partial charge in [0.1, 0.15) is 5.08 Å². The van der Waals surface area contributed by atoms with Crippen LogP contribution in [0, 0.1) is 0 Å². The fraction of sp³-hybridized carbons (Fsp3) is 0.800. The Morgan fingerprint density at radius 1 is 1.39 bits per heavy atom. The van der Waals surface area contributed by atoms with Crippen LogP contribution in [-0.4, -0.2) is 52.1 Å². The van der Waals surface area contributed by atoms with Gasteiger partial charge < -0.3 is 4.90 Å². The summed E-state index contributed by atoms with van der Waals surface area (Å²) in [6.45, 7) is 8.15. The zero-order valence-corrected chi connectivity index (χ0v) is 13.7. The predicted octanol–water partition coefficient (Wildman–Crippen LogP) is 1.71. The van der Waals surface area contributed by atoms with E-state index in [0.717, 1.165) is 0 Å². The Labute approximate surface area is 119 Å². The van der Waals surface area contributed by atoms with E-state index in [9.17, 15) is 8.42 Å². The van der Waals surface area contributed by atoms with E-state index in [1.54, 1.807) is 0 Å². The second-order valence-corrected chi connectivity index (χ2v) is 8.29. The van der Waals surface area contributed by atoms with Crippen molar-refractivity contribution in [3.63, 3.8) is 0 Å². The number of nitrogens with zero attached hydrogens (tertiary/aromatic N) is 3. The van der Waals surface area contributed by atoms with Gasteiger partial charge in [0.05, 0.1) is 0 Å². The first-order valence-corrected chi connectivity index (χ1v) is 8.67. The molecule has 0 N–H and O–H groups in total. The summed E-state index contributed by atoms with van der Waals surface area (Å²) in [6.07, 6.45) is 0. The Morgan fingerprint density at radius 2 is 1.89 bits per heavy atom. The van der Waals surface area contributed by atoms with Gasteiger partial charge in [0.25, 0.3) is 0 Å². The summed E-state index contributed by atoms with van der Waals surface area (Å²) in [5.74, 6) is 0. The van der Waals surface area contributed by atoms with Gasteiger partial charge in [0.2, 0.25) is 10.0 Å². The van der Waals surface area contributed by atoms with E-state index in [1.165, 1.54) is 23.1 Å². The molecule has 0 atom stereocenters. The summed E-state index contributed by atoms with van der Waals surface area (Å²) in [5, 5.41) is 0.923. The van der Waals surface area contributed by atoms with Crippen molar-refractivity contribution in [2.24, 2.45) is 4.99 Å². The largest absolute Gasteiger partial charge is 0.343 e. The van der Waals surface area contributed by atoms with Crippen LogP contribution in [0.2, 0.25) is 0 Å². The highest BCUT2D eigenvalue weighted by Crippen LogP contribution is 2.24. The monoisotopic (exact) mass is 309 g/mol. The molecule has 1 fully saturated rings. The average Bonchev–Trinajstić information content (AvgIpc) is 2.44. The highest BCUT2D eigenvalue weighted by Gasteiger charge is 2.31. The van der Waals surface area contributed by atoms with Crippen LogP contribution in [0.15, 0.2) is 4.99 Å². The number of thiocarbonyl (C=S) groups is 1. The Hall–Kier alpha value is -0.340. The van der Waals surface area contributed by atoms with Gasteiger partial charge in [-0.25, -0.2) is 8.42 Å². The molecule has 5 nitrogen and oxygen atoms in total. The number of aliphatic imine (C=N–C) groups is 1. The van der Waals surface area contributed by atoms with E-state index in [4.69, 9.17) is 12.2 Å². The zero-order chi connectivity index (χ0) is 14.1. The first-order valence-electron chi connectivity index (χ1n) is 5.67. The second kappa shape index (κ2) is 5.75. The van der Waals surface area contributed by atoms with Gasteiger partial charge in [-0.05, 0) is 39.9 Å². The molecule has 1 heterocycles. The van der Waals surface area contributed by atoms with Gasteiger partial charge in [0.15, 0.2) is 10.3 Å². The van der Waals surface area contributed by atoms with Crippen LogP contribution >= 0.6 is 24.0 Å². The molecule has 18 heavy (non-hydrogen) atoms. The summed E-state index contributed by atoms with van der Waals surface area (Å²) in [6, 6.07) is 0.463. The third kappa shape index (κ3) is 3.36. The first kappa shape index (κ1) is 15.7. The minimum absolute atomic E-state index is 0.0360. The number of hydrogen-bond donors (Lipinski definition) is 0. The lowest BCUT2D eigenvalue weighted by atomic mass is 10.2. The van der Waals surface area contributed by atoms with Crippen LogP contribution in [0.4, 0.5) is 0 Å². The number of thioether (sulfide) groups is 1. The number of hydrogen-bond acceptors (Lipinski definition) is 4. The van der Waals surface area contributed by atoms with Gasteiger partial charge >= 0.3 is 0 Å².